The highest BCUT2D eigenvalue weighted by molar-refractivity contribution is 7.22. The number of carbonyl (C=O) groups excluding carboxylic acids is 2. The molecule has 0 saturated heterocycles. The third-order valence-corrected chi connectivity index (χ3v) is 5.52. The summed E-state index contributed by atoms with van der Waals surface area (Å²) in [6, 6.07) is 8.60. The lowest BCUT2D eigenvalue weighted by molar-refractivity contribution is -0.118. The number of amides is 2. The molecule has 0 aliphatic rings. The highest BCUT2D eigenvalue weighted by Crippen LogP contribution is 2.33. The molecule has 0 aliphatic carbocycles. The zero-order chi connectivity index (χ0) is 21.8. The summed E-state index contributed by atoms with van der Waals surface area (Å²) in [6.45, 7) is 7.07. The van der Waals surface area contributed by atoms with E-state index in [4.69, 9.17) is 9.15 Å². The standard InChI is InChI=1S/C21H23N3O5S/c1-11(2)16(25)23-18-12(3)15-19(30-18)24-17(29-20(15)26)13(4)22-21(27)28-10-14-8-6-5-7-9-14/h5-9,11,13H,10H2,1-4H3,(H,22,27)(H,23,25)/t13-/m0/s1. The highest BCUT2D eigenvalue weighted by atomic mass is 32.1. The number of ether oxygens (including phenoxy) is 1. The van der Waals surface area contributed by atoms with Crippen LogP contribution in [0.2, 0.25) is 0 Å². The second kappa shape index (κ2) is 9.08. The minimum absolute atomic E-state index is 0.0622. The maximum absolute atomic E-state index is 12.5. The lowest BCUT2D eigenvalue weighted by Crippen LogP contribution is -2.28. The molecule has 0 aliphatic heterocycles. The molecule has 0 saturated carbocycles. The van der Waals surface area contributed by atoms with Crippen LogP contribution in [0.25, 0.3) is 10.2 Å². The molecule has 8 nitrogen and oxygen atoms in total. The van der Waals surface area contributed by atoms with Crippen LogP contribution in [0.4, 0.5) is 9.80 Å². The van der Waals surface area contributed by atoms with Gasteiger partial charge in [-0.3, -0.25) is 4.79 Å². The van der Waals surface area contributed by atoms with E-state index in [1.165, 1.54) is 11.3 Å². The molecule has 1 atom stereocenters. The van der Waals surface area contributed by atoms with Crippen LogP contribution in [0.3, 0.4) is 0 Å². The fourth-order valence-corrected chi connectivity index (χ4v) is 3.72. The summed E-state index contributed by atoms with van der Waals surface area (Å²) in [7, 11) is 0. The van der Waals surface area contributed by atoms with E-state index in [1.807, 2.05) is 30.3 Å². The molecule has 9 heteroatoms. The van der Waals surface area contributed by atoms with Gasteiger partial charge in [-0.25, -0.2) is 14.6 Å². The predicted molar refractivity (Wildman–Crippen MR) is 115 cm³/mol. The SMILES string of the molecule is Cc1c(NC(=O)C(C)C)sc2nc([C@H](C)NC(=O)OCc3ccccc3)oc(=O)c12. The molecular formula is C21H23N3O5S. The van der Waals surface area contributed by atoms with Crippen molar-refractivity contribution in [1.29, 1.82) is 0 Å². The van der Waals surface area contributed by atoms with Gasteiger partial charge < -0.3 is 19.8 Å². The van der Waals surface area contributed by atoms with Crippen LogP contribution in [0.15, 0.2) is 39.5 Å². The van der Waals surface area contributed by atoms with Gasteiger partial charge in [-0.2, -0.15) is 0 Å². The second-order valence-corrected chi connectivity index (χ2v) is 8.15. The average Bonchev–Trinajstić information content (AvgIpc) is 3.02. The summed E-state index contributed by atoms with van der Waals surface area (Å²) in [5, 5.41) is 6.29. The Bertz CT molecular complexity index is 1120. The van der Waals surface area contributed by atoms with Crippen molar-refractivity contribution in [3.05, 3.63) is 57.8 Å². The van der Waals surface area contributed by atoms with Gasteiger partial charge in [-0.05, 0) is 19.4 Å². The number of hydrogen-bond acceptors (Lipinski definition) is 7. The fraction of sp³-hybridized carbons (Fsp3) is 0.333. The van der Waals surface area contributed by atoms with Crippen molar-refractivity contribution in [2.75, 3.05) is 5.32 Å². The van der Waals surface area contributed by atoms with Gasteiger partial charge in [0, 0.05) is 11.5 Å². The quantitative estimate of drug-likeness (QED) is 0.609. The first kappa shape index (κ1) is 21.5. The van der Waals surface area contributed by atoms with Gasteiger partial charge in [0.15, 0.2) is 0 Å². The maximum Gasteiger partial charge on any atom is 0.408 e. The Morgan fingerprint density at radius 1 is 1.20 bits per heavy atom. The number of nitrogens with one attached hydrogen (secondary N) is 2. The molecule has 1 aromatic carbocycles. The number of hydrogen-bond donors (Lipinski definition) is 2. The summed E-state index contributed by atoms with van der Waals surface area (Å²) in [5.74, 6) is -0.279. The van der Waals surface area contributed by atoms with E-state index < -0.39 is 17.8 Å². The third kappa shape index (κ3) is 4.85. The summed E-state index contributed by atoms with van der Waals surface area (Å²) in [6.07, 6.45) is -0.650. The number of fused-ring (bicyclic) bond motifs is 1. The number of benzene rings is 1. The Morgan fingerprint density at radius 2 is 1.90 bits per heavy atom. The van der Waals surface area contributed by atoms with Gasteiger partial charge in [0.05, 0.1) is 0 Å². The van der Waals surface area contributed by atoms with Gasteiger partial charge in [0.1, 0.15) is 27.9 Å². The molecular weight excluding hydrogens is 406 g/mol. The van der Waals surface area contributed by atoms with Crippen LogP contribution in [-0.2, 0) is 16.1 Å². The minimum Gasteiger partial charge on any atom is -0.445 e. The van der Waals surface area contributed by atoms with Crippen molar-refractivity contribution in [1.82, 2.24) is 10.3 Å². The van der Waals surface area contributed by atoms with Crippen molar-refractivity contribution < 1.29 is 18.7 Å². The summed E-state index contributed by atoms with van der Waals surface area (Å²) in [5.41, 5.74) is 0.899. The number of thiophene rings is 1. The monoisotopic (exact) mass is 429 g/mol. The van der Waals surface area contributed by atoms with Gasteiger partial charge in [0.2, 0.25) is 11.8 Å². The van der Waals surface area contributed by atoms with E-state index in [-0.39, 0.29) is 24.3 Å². The molecule has 0 radical (unpaired) electrons. The molecule has 2 N–H and O–H groups in total. The normalized spacial score (nSPS) is 12.0. The third-order valence-electron chi connectivity index (χ3n) is 4.42. The first-order valence-electron chi connectivity index (χ1n) is 9.48. The molecule has 2 heterocycles. The van der Waals surface area contributed by atoms with Gasteiger partial charge in [-0.1, -0.05) is 55.5 Å². The number of alkyl carbamates (subject to hydrolysis) is 1. The fourth-order valence-electron chi connectivity index (χ4n) is 2.65. The molecule has 0 bridgehead atoms. The number of carbonyl (C=O) groups is 2. The number of rotatable bonds is 6. The van der Waals surface area contributed by atoms with Crippen LogP contribution in [-0.4, -0.2) is 17.0 Å². The number of nitrogens with zero attached hydrogens (tertiary/aromatic N) is 1. The summed E-state index contributed by atoms with van der Waals surface area (Å²) < 4.78 is 10.5. The van der Waals surface area contributed by atoms with Crippen molar-refractivity contribution in [2.45, 2.75) is 40.3 Å². The molecule has 158 valence electrons. The van der Waals surface area contributed by atoms with Crippen LogP contribution in [0.1, 0.15) is 43.8 Å². The summed E-state index contributed by atoms with van der Waals surface area (Å²) in [4.78, 5) is 41.4. The second-order valence-electron chi connectivity index (χ2n) is 7.15. The minimum atomic E-state index is -0.679. The Labute approximate surface area is 177 Å². The topological polar surface area (TPSA) is 111 Å². The Balaban J connectivity index is 1.74. The Morgan fingerprint density at radius 3 is 2.57 bits per heavy atom. The molecule has 3 aromatic rings. The Kier molecular flexibility index (Phi) is 6.51. The van der Waals surface area contributed by atoms with E-state index in [2.05, 4.69) is 15.6 Å². The van der Waals surface area contributed by atoms with E-state index in [0.717, 1.165) is 5.56 Å². The van der Waals surface area contributed by atoms with Crippen LogP contribution >= 0.6 is 11.3 Å². The first-order chi connectivity index (χ1) is 14.3. The Hall–Kier alpha value is -3.20. The van der Waals surface area contributed by atoms with E-state index in [9.17, 15) is 14.4 Å². The summed E-state index contributed by atoms with van der Waals surface area (Å²) >= 11 is 1.19. The predicted octanol–water partition coefficient (Wildman–Crippen LogP) is 4.14. The molecule has 30 heavy (non-hydrogen) atoms. The average molecular weight is 429 g/mol. The largest absolute Gasteiger partial charge is 0.445 e. The van der Waals surface area contributed by atoms with Crippen LogP contribution < -0.4 is 16.3 Å². The molecule has 2 aromatic heterocycles. The van der Waals surface area contributed by atoms with Gasteiger partial charge in [-0.15, -0.1) is 0 Å². The lowest BCUT2D eigenvalue weighted by atomic mass is 10.2. The zero-order valence-electron chi connectivity index (χ0n) is 17.1. The molecule has 0 spiro atoms. The number of aromatic nitrogens is 1. The molecule has 2 amide bonds. The lowest BCUT2D eigenvalue weighted by Gasteiger charge is -2.12. The van der Waals surface area contributed by atoms with Crippen LogP contribution in [0.5, 0.6) is 0 Å². The number of anilines is 1. The van der Waals surface area contributed by atoms with E-state index >= 15 is 0 Å². The molecule has 0 unspecified atom stereocenters. The molecule has 0 fully saturated rings. The van der Waals surface area contributed by atoms with Crippen molar-refractivity contribution in [3.8, 4) is 0 Å². The highest BCUT2D eigenvalue weighted by Gasteiger charge is 2.21. The zero-order valence-corrected chi connectivity index (χ0v) is 18.0. The van der Waals surface area contributed by atoms with Gasteiger partial charge in [0.25, 0.3) is 0 Å². The number of aryl methyl sites for hydroxylation is 1. The van der Waals surface area contributed by atoms with Gasteiger partial charge >= 0.3 is 11.7 Å². The van der Waals surface area contributed by atoms with E-state index in [0.29, 0.717) is 20.8 Å². The van der Waals surface area contributed by atoms with Crippen molar-refractivity contribution in [2.24, 2.45) is 5.92 Å². The smallest absolute Gasteiger partial charge is 0.408 e. The van der Waals surface area contributed by atoms with E-state index in [1.54, 1.807) is 27.7 Å². The van der Waals surface area contributed by atoms with Crippen molar-refractivity contribution >= 4 is 38.6 Å². The maximum atomic E-state index is 12.5. The van der Waals surface area contributed by atoms with Crippen molar-refractivity contribution in [3.63, 3.8) is 0 Å². The first-order valence-corrected chi connectivity index (χ1v) is 10.3. The molecule has 3 rings (SSSR count). The van der Waals surface area contributed by atoms with Crippen LogP contribution in [0, 0.1) is 12.8 Å².